The van der Waals surface area contributed by atoms with Crippen LogP contribution in [0.4, 0.5) is 0 Å². The summed E-state index contributed by atoms with van der Waals surface area (Å²) in [6, 6.07) is 3.78. The van der Waals surface area contributed by atoms with Gasteiger partial charge in [0.2, 0.25) is 5.91 Å². The topological polar surface area (TPSA) is 81.4 Å². The lowest BCUT2D eigenvalue weighted by molar-refractivity contribution is -0.135. The molecule has 4 rings (SSSR count). The molecule has 2 aromatic heterocycles. The fourth-order valence-electron chi connectivity index (χ4n) is 3.11. The molecule has 0 radical (unpaired) electrons. The molecule has 25 heavy (non-hydrogen) atoms. The largest absolute Gasteiger partial charge is 0.367 e. The number of aromatic nitrogens is 3. The maximum absolute atomic E-state index is 12.5. The van der Waals surface area contributed by atoms with Crippen molar-refractivity contribution in [3.8, 4) is 0 Å². The summed E-state index contributed by atoms with van der Waals surface area (Å²) in [5.74, 6) is 1.93. The van der Waals surface area contributed by atoms with Crippen molar-refractivity contribution in [2.24, 2.45) is 0 Å². The third kappa shape index (κ3) is 4.22. The van der Waals surface area contributed by atoms with Gasteiger partial charge < -0.3 is 14.2 Å². The summed E-state index contributed by atoms with van der Waals surface area (Å²) >= 11 is 0. The minimum Gasteiger partial charge on any atom is -0.367 e. The molecule has 0 bridgehead atoms. The fraction of sp³-hybridized carbons (Fsp3) is 0.556. The van der Waals surface area contributed by atoms with Crippen LogP contribution in [0.1, 0.15) is 48.9 Å². The molecule has 7 nitrogen and oxygen atoms in total. The molecule has 0 aromatic carbocycles. The highest BCUT2D eigenvalue weighted by Gasteiger charge is 2.29. The zero-order valence-corrected chi connectivity index (χ0v) is 14.1. The first-order valence-electron chi connectivity index (χ1n) is 8.88. The molecule has 2 aromatic rings. The number of hydrogen-bond acceptors (Lipinski definition) is 6. The third-order valence-corrected chi connectivity index (χ3v) is 4.68. The number of nitrogens with zero attached hydrogens (tertiary/aromatic N) is 4. The standard InChI is InChI=1S/C18H22N4O3/c23-17(9-13-3-1-7-19-10-13)22-8-2-4-15(11-22)24-12-16-20-18(21-25-16)14-5-6-14/h1,3,7,10,14-15H,2,4-6,8-9,11-12H2/t15-/m1/s1. The van der Waals surface area contributed by atoms with E-state index in [1.807, 2.05) is 17.0 Å². The summed E-state index contributed by atoms with van der Waals surface area (Å²) in [6.07, 6.45) is 8.04. The number of ether oxygens (including phenoxy) is 1. The summed E-state index contributed by atoms with van der Waals surface area (Å²) in [6.45, 7) is 1.71. The van der Waals surface area contributed by atoms with Gasteiger partial charge in [-0.2, -0.15) is 4.98 Å². The molecule has 1 saturated carbocycles. The Morgan fingerprint density at radius 2 is 2.28 bits per heavy atom. The van der Waals surface area contributed by atoms with Crippen LogP contribution in [0.2, 0.25) is 0 Å². The van der Waals surface area contributed by atoms with Crippen molar-refractivity contribution in [3.05, 3.63) is 41.8 Å². The van der Waals surface area contributed by atoms with Gasteiger partial charge in [0.25, 0.3) is 5.89 Å². The van der Waals surface area contributed by atoms with Gasteiger partial charge in [-0.3, -0.25) is 9.78 Å². The molecule has 0 unspecified atom stereocenters. The number of amides is 1. The third-order valence-electron chi connectivity index (χ3n) is 4.68. The van der Waals surface area contributed by atoms with Crippen molar-refractivity contribution in [1.29, 1.82) is 0 Å². The lowest BCUT2D eigenvalue weighted by Gasteiger charge is -2.32. The van der Waals surface area contributed by atoms with Crippen LogP contribution >= 0.6 is 0 Å². The Morgan fingerprint density at radius 3 is 3.08 bits per heavy atom. The van der Waals surface area contributed by atoms with Gasteiger partial charge in [0, 0.05) is 31.4 Å². The van der Waals surface area contributed by atoms with E-state index in [-0.39, 0.29) is 12.0 Å². The molecule has 2 aliphatic rings. The molecule has 3 heterocycles. The zero-order chi connectivity index (χ0) is 17.1. The van der Waals surface area contributed by atoms with Crippen LogP contribution < -0.4 is 0 Å². The lowest BCUT2D eigenvalue weighted by Crippen LogP contribution is -2.43. The van der Waals surface area contributed by atoms with Gasteiger partial charge in [0.05, 0.1) is 12.5 Å². The maximum Gasteiger partial charge on any atom is 0.252 e. The molecule has 132 valence electrons. The lowest BCUT2D eigenvalue weighted by atomic mass is 10.1. The van der Waals surface area contributed by atoms with Crippen LogP contribution in [-0.2, 0) is 22.6 Å². The first kappa shape index (κ1) is 16.2. The minimum atomic E-state index is 0.0165. The number of piperidine rings is 1. The number of carbonyl (C=O) groups is 1. The van der Waals surface area contributed by atoms with Crippen molar-refractivity contribution < 1.29 is 14.1 Å². The van der Waals surface area contributed by atoms with E-state index in [1.165, 1.54) is 0 Å². The molecule has 0 N–H and O–H groups in total. The van der Waals surface area contributed by atoms with E-state index < -0.39 is 0 Å². The van der Waals surface area contributed by atoms with E-state index in [2.05, 4.69) is 15.1 Å². The second kappa shape index (κ2) is 7.31. The molecule has 1 amide bonds. The van der Waals surface area contributed by atoms with Crippen molar-refractivity contribution >= 4 is 5.91 Å². The van der Waals surface area contributed by atoms with Gasteiger partial charge in [-0.25, -0.2) is 0 Å². The summed E-state index contributed by atoms with van der Waals surface area (Å²) in [5, 5.41) is 4.00. The van der Waals surface area contributed by atoms with E-state index in [4.69, 9.17) is 9.26 Å². The van der Waals surface area contributed by atoms with Crippen LogP contribution in [-0.4, -0.2) is 45.1 Å². The molecule has 1 saturated heterocycles. The first-order chi connectivity index (χ1) is 12.3. The second-order valence-corrected chi connectivity index (χ2v) is 6.77. The maximum atomic E-state index is 12.5. The van der Waals surface area contributed by atoms with Crippen molar-refractivity contribution in [3.63, 3.8) is 0 Å². The van der Waals surface area contributed by atoms with Crippen LogP contribution in [0, 0.1) is 0 Å². The number of carbonyl (C=O) groups excluding carboxylic acids is 1. The van der Waals surface area contributed by atoms with E-state index in [0.717, 1.165) is 43.6 Å². The Kier molecular flexibility index (Phi) is 4.74. The number of pyridine rings is 1. The van der Waals surface area contributed by atoms with Crippen LogP contribution in [0.15, 0.2) is 29.0 Å². The van der Waals surface area contributed by atoms with Gasteiger partial charge in [0.1, 0.15) is 6.61 Å². The number of rotatable bonds is 6. The predicted octanol–water partition coefficient (Wildman–Crippen LogP) is 2.09. The highest BCUT2D eigenvalue weighted by Crippen LogP contribution is 2.38. The molecule has 1 atom stereocenters. The Labute approximate surface area is 146 Å². The SMILES string of the molecule is O=C(Cc1cccnc1)N1CCC[C@@H](OCc2nc(C3CC3)no2)C1. The molecule has 7 heteroatoms. The van der Waals surface area contributed by atoms with Crippen LogP contribution in [0.5, 0.6) is 0 Å². The second-order valence-electron chi connectivity index (χ2n) is 6.77. The monoisotopic (exact) mass is 342 g/mol. The zero-order valence-electron chi connectivity index (χ0n) is 14.1. The van der Waals surface area contributed by atoms with Crippen molar-refractivity contribution in [2.75, 3.05) is 13.1 Å². The Morgan fingerprint density at radius 1 is 1.36 bits per heavy atom. The number of hydrogen-bond donors (Lipinski definition) is 0. The smallest absolute Gasteiger partial charge is 0.252 e. The van der Waals surface area contributed by atoms with Crippen molar-refractivity contribution in [2.45, 2.75) is 50.7 Å². The Hall–Kier alpha value is -2.28. The van der Waals surface area contributed by atoms with Crippen LogP contribution in [0.3, 0.4) is 0 Å². The quantitative estimate of drug-likeness (QED) is 0.799. The summed E-state index contributed by atoms with van der Waals surface area (Å²) in [4.78, 5) is 22.8. The summed E-state index contributed by atoms with van der Waals surface area (Å²) in [7, 11) is 0. The Balaban J connectivity index is 1.27. The molecular weight excluding hydrogens is 320 g/mol. The minimum absolute atomic E-state index is 0.0165. The summed E-state index contributed by atoms with van der Waals surface area (Å²) < 4.78 is 11.1. The predicted molar refractivity (Wildman–Crippen MR) is 88.6 cm³/mol. The average Bonchev–Trinajstić information content (AvgIpc) is 3.39. The van der Waals surface area contributed by atoms with E-state index in [0.29, 0.717) is 31.4 Å². The molecule has 1 aliphatic heterocycles. The van der Waals surface area contributed by atoms with Gasteiger partial charge in [0.15, 0.2) is 5.82 Å². The first-order valence-corrected chi connectivity index (χ1v) is 8.88. The van der Waals surface area contributed by atoms with Crippen molar-refractivity contribution in [1.82, 2.24) is 20.0 Å². The van der Waals surface area contributed by atoms with Gasteiger partial charge in [-0.15, -0.1) is 0 Å². The van der Waals surface area contributed by atoms with E-state index >= 15 is 0 Å². The highest BCUT2D eigenvalue weighted by molar-refractivity contribution is 5.78. The molecule has 1 aliphatic carbocycles. The highest BCUT2D eigenvalue weighted by atomic mass is 16.5. The average molecular weight is 342 g/mol. The van der Waals surface area contributed by atoms with Crippen LogP contribution in [0.25, 0.3) is 0 Å². The molecular formula is C18H22N4O3. The summed E-state index contributed by atoms with van der Waals surface area (Å²) in [5.41, 5.74) is 0.939. The molecule has 2 fully saturated rings. The van der Waals surface area contributed by atoms with E-state index in [9.17, 15) is 4.79 Å². The number of likely N-dealkylation sites (tertiary alicyclic amines) is 1. The molecule has 0 spiro atoms. The fourth-order valence-corrected chi connectivity index (χ4v) is 3.11. The van der Waals surface area contributed by atoms with Gasteiger partial charge in [-0.05, 0) is 37.3 Å². The Bertz CT molecular complexity index is 714. The normalized spacial score (nSPS) is 20.6. The van der Waals surface area contributed by atoms with Gasteiger partial charge >= 0.3 is 0 Å². The van der Waals surface area contributed by atoms with Gasteiger partial charge in [-0.1, -0.05) is 11.2 Å². The van der Waals surface area contributed by atoms with E-state index in [1.54, 1.807) is 12.4 Å².